The van der Waals surface area contributed by atoms with Gasteiger partial charge in [0.2, 0.25) is 0 Å². The molecule has 1 aliphatic rings. The largest absolute Gasteiger partial charge is 0.304 e. The van der Waals surface area contributed by atoms with E-state index in [0.29, 0.717) is 24.9 Å². The molecule has 0 aromatic heterocycles. The number of benzene rings is 1. The molecule has 0 amide bonds. The third kappa shape index (κ3) is 3.49. The summed E-state index contributed by atoms with van der Waals surface area (Å²) in [5, 5.41) is 0. The van der Waals surface area contributed by atoms with Crippen molar-refractivity contribution in [3.63, 3.8) is 0 Å². The second-order valence-electron chi connectivity index (χ2n) is 5.12. The molecule has 2 rings (SSSR count). The summed E-state index contributed by atoms with van der Waals surface area (Å²) in [7, 11) is -3.70. The number of nitrogens with zero attached hydrogens (tertiary/aromatic N) is 2. The highest BCUT2D eigenvalue weighted by molar-refractivity contribution is 7.90. The highest BCUT2D eigenvalue weighted by Crippen LogP contribution is 2.27. The predicted molar refractivity (Wildman–Crippen MR) is 83.4 cm³/mol. The van der Waals surface area contributed by atoms with Gasteiger partial charge in [0, 0.05) is 25.5 Å². The molecule has 1 heterocycles. The van der Waals surface area contributed by atoms with Gasteiger partial charge in [0.25, 0.3) is 0 Å². The summed E-state index contributed by atoms with van der Waals surface area (Å²) in [5.74, 6) is 0.388. The zero-order chi connectivity index (χ0) is 15.5. The summed E-state index contributed by atoms with van der Waals surface area (Å²) < 4.78 is 41.9. The molecule has 0 spiro atoms. The lowest BCUT2D eigenvalue weighted by Crippen LogP contribution is -2.47. The van der Waals surface area contributed by atoms with Crippen molar-refractivity contribution in [3.8, 4) is 0 Å². The molecule has 0 bridgehead atoms. The van der Waals surface area contributed by atoms with Crippen molar-refractivity contribution in [2.75, 3.05) is 29.8 Å². The van der Waals surface area contributed by atoms with Crippen molar-refractivity contribution in [1.29, 1.82) is 0 Å². The van der Waals surface area contributed by atoms with Crippen molar-refractivity contribution < 1.29 is 12.8 Å². The number of anilines is 1. The van der Waals surface area contributed by atoms with E-state index in [1.54, 1.807) is 19.1 Å². The number of hydrogen-bond donors (Lipinski definition) is 0. The zero-order valence-electron chi connectivity index (χ0n) is 12.0. The van der Waals surface area contributed by atoms with E-state index in [1.807, 2.05) is 0 Å². The van der Waals surface area contributed by atoms with Gasteiger partial charge in [0.15, 0.2) is 0 Å². The molecule has 1 aliphatic heterocycles. The van der Waals surface area contributed by atoms with Gasteiger partial charge in [-0.1, -0.05) is 12.1 Å². The molecule has 1 aromatic rings. The molecule has 118 valence electrons. The van der Waals surface area contributed by atoms with Crippen LogP contribution in [-0.4, -0.2) is 38.2 Å². The molecule has 7 heteroatoms. The van der Waals surface area contributed by atoms with Crippen molar-refractivity contribution in [1.82, 2.24) is 4.31 Å². The van der Waals surface area contributed by atoms with Crippen molar-refractivity contribution in [2.45, 2.75) is 19.8 Å². The fourth-order valence-electron chi connectivity index (χ4n) is 2.55. The van der Waals surface area contributed by atoms with Crippen LogP contribution in [0.3, 0.4) is 0 Å². The Kier molecular flexibility index (Phi) is 5.46. The van der Waals surface area contributed by atoms with Crippen molar-refractivity contribution in [2.24, 2.45) is 5.92 Å². The van der Waals surface area contributed by atoms with Crippen LogP contribution in [0.1, 0.15) is 19.8 Å². The van der Waals surface area contributed by atoms with Crippen molar-refractivity contribution >= 4 is 27.5 Å². The average Bonchev–Trinajstić information content (AvgIpc) is 2.50. The predicted octanol–water partition coefficient (Wildman–Crippen LogP) is 2.85. The highest BCUT2D eigenvalue weighted by Gasteiger charge is 2.33. The monoisotopic (exact) mass is 334 g/mol. The van der Waals surface area contributed by atoms with E-state index in [4.69, 9.17) is 11.6 Å². The maximum absolute atomic E-state index is 13.9. The zero-order valence-corrected chi connectivity index (χ0v) is 13.6. The van der Waals surface area contributed by atoms with Crippen LogP contribution in [0.4, 0.5) is 10.1 Å². The molecule has 0 N–H and O–H groups in total. The van der Waals surface area contributed by atoms with Gasteiger partial charge in [-0.25, -0.2) is 4.39 Å². The Labute approximate surface area is 130 Å². The second kappa shape index (κ2) is 6.94. The van der Waals surface area contributed by atoms with Crippen molar-refractivity contribution in [3.05, 3.63) is 30.1 Å². The van der Waals surface area contributed by atoms with Crippen LogP contribution in [0.15, 0.2) is 24.3 Å². The molecule has 0 saturated carbocycles. The number of alkyl halides is 1. The molecule has 21 heavy (non-hydrogen) atoms. The van der Waals surface area contributed by atoms with E-state index in [1.165, 1.54) is 16.4 Å². The topological polar surface area (TPSA) is 40.6 Å². The van der Waals surface area contributed by atoms with Gasteiger partial charge in [-0.2, -0.15) is 12.7 Å². The van der Waals surface area contributed by atoms with Gasteiger partial charge in [-0.15, -0.1) is 11.6 Å². The summed E-state index contributed by atoms with van der Waals surface area (Å²) in [6.45, 7) is 2.77. The number of para-hydroxylation sites is 1. The molecule has 0 aliphatic carbocycles. The third-order valence-corrected chi connectivity index (χ3v) is 6.27. The Morgan fingerprint density at radius 2 is 1.95 bits per heavy atom. The Balaban J connectivity index is 2.23. The molecule has 1 saturated heterocycles. The summed E-state index contributed by atoms with van der Waals surface area (Å²) >= 11 is 5.82. The fraction of sp³-hybridized carbons (Fsp3) is 0.571. The van der Waals surface area contributed by atoms with E-state index in [2.05, 4.69) is 0 Å². The lowest BCUT2D eigenvalue weighted by Gasteiger charge is -2.35. The minimum Gasteiger partial charge on any atom is -0.255 e. The lowest BCUT2D eigenvalue weighted by molar-refractivity contribution is 0.289. The van der Waals surface area contributed by atoms with Crippen LogP contribution in [0, 0.1) is 11.7 Å². The SMILES string of the molecule is CCN(c1ccccc1F)S(=O)(=O)N1CCC(CCl)CC1. The van der Waals surface area contributed by atoms with Crippen LogP contribution in [0.2, 0.25) is 0 Å². The van der Waals surface area contributed by atoms with E-state index >= 15 is 0 Å². The Bertz CT molecular complexity index is 574. The molecule has 0 atom stereocenters. The average molecular weight is 335 g/mol. The van der Waals surface area contributed by atoms with E-state index < -0.39 is 16.0 Å². The first-order valence-corrected chi connectivity index (χ1v) is 9.02. The van der Waals surface area contributed by atoms with Crippen LogP contribution in [0.25, 0.3) is 0 Å². The summed E-state index contributed by atoms with van der Waals surface area (Å²) in [5.41, 5.74) is 0.0967. The maximum atomic E-state index is 13.9. The molecule has 0 radical (unpaired) electrons. The molecular formula is C14H20ClFN2O2S. The number of piperidine rings is 1. The Hall–Kier alpha value is -0.850. The Morgan fingerprint density at radius 3 is 2.48 bits per heavy atom. The molecule has 0 unspecified atom stereocenters. The van der Waals surface area contributed by atoms with Gasteiger partial charge >= 0.3 is 10.2 Å². The molecule has 1 fully saturated rings. The fourth-order valence-corrected chi connectivity index (χ4v) is 4.53. The van der Waals surface area contributed by atoms with E-state index in [0.717, 1.165) is 17.1 Å². The standard InChI is InChI=1S/C14H20ClFN2O2S/c1-2-18(14-6-4-3-5-13(14)16)21(19,20)17-9-7-12(11-15)8-10-17/h3-6,12H,2,7-11H2,1H3. The maximum Gasteiger partial charge on any atom is 0.304 e. The minimum absolute atomic E-state index is 0.0967. The van der Waals surface area contributed by atoms with Gasteiger partial charge in [-0.3, -0.25) is 4.31 Å². The number of hydrogen-bond acceptors (Lipinski definition) is 2. The van der Waals surface area contributed by atoms with E-state index in [9.17, 15) is 12.8 Å². The normalized spacial score (nSPS) is 17.9. The number of halogens is 2. The molecular weight excluding hydrogens is 315 g/mol. The molecule has 4 nitrogen and oxygen atoms in total. The second-order valence-corrected chi connectivity index (χ2v) is 7.28. The van der Waals surface area contributed by atoms with Gasteiger partial charge < -0.3 is 0 Å². The first kappa shape index (κ1) is 16.5. The lowest BCUT2D eigenvalue weighted by atomic mass is 10.0. The van der Waals surface area contributed by atoms with Crippen LogP contribution < -0.4 is 4.31 Å². The summed E-state index contributed by atoms with van der Waals surface area (Å²) in [6, 6.07) is 5.94. The van der Waals surface area contributed by atoms with E-state index in [-0.39, 0.29) is 12.2 Å². The first-order chi connectivity index (χ1) is 10.0. The molecule has 1 aromatic carbocycles. The first-order valence-electron chi connectivity index (χ1n) is 7.09. The van der Waals surface area contributed by atoms with Gasteiger partial charge in [0.1, 0.15) is 5.82 Å². The smallest absolute Gasteiger partial charge is 0.255 e. The number of rotatable bonds is 5. The van der Waals surface area contributed by atoms with Crippen LogP contribution >= 0.6 is 11.6 Å². The summed E-state index contributed by atoms with van der Waals surface area (Å²) in [6.07, 6.45) is 1.50. The van der Waals surface area contributed by atoms with Gasteiger partial charge in [0.05, 0.1) is 5.69 Å². The van der Waals surface area contributed by atoms with Gasteiger partial charge in [-0.05, 0) is 37.8 Å². The highest BCUT2D eigenvalue weighted by atomic mass is 35.5. The minimum atomic E-state index is -3.70. The quantitative estimate of drug-likeness (QED) is 0.777. The van der Waals surface area contributed by atoms with Crippen LogP contribution in [0.5, 0.6) is 0 Å². The Morgan fingerprint density at radius 1 is 1.33 bits per heavy atom. The third-order valence-electron chi connectivity index (χ3n) is 3.80. The van der Waals surface area contributed by atoms with Crippen LogP contribution in [-0.2, 0) is 10.2 Å². The summed E-state index contributed by atoms with van der Waals surface area (Å²) in [4.78, 5) is 0.